The average Bonchev–Trinajstić information content (AvgIpc) is 4.02. The summed E-state index contributed by atoms with van der Waals surface area (Å²) < 4.78 is 64.2. The molecule has 12 rings (SSSR count). The first-order valence-corrected chi connectivity index (χ1v) is 23.2. The van der Waals surface area contributed by atoms with Crippen LogP contribution in [0.3, 0.4) is 0 Å². The summed E-state index contributed by atoms with van der Waals surface area (Å²) in [5.74, 6) is -1.40. The zero-order valence-electron chi connectivity index (χ0n) is 37.0. The standard InChI is InChI=1S/C50H44ClF4N11O3/c51-39-21-37-41(59-46(61-48(37)67)13-28-1-2-40(57-25-28)29-14-30(52)16-31(53)15-29)23-43(39)63-50-5-10-66(11-6-50,12-7-50)27-69-45-22-38-42(24-44(45)58-35-3-8-56-26-35)60-47(62-49(38)68)20-34-4-9-65(64-34)36-18-32(54)17-33(55)19-36/h1-2,4,9,14-19,21-25,35,56H,3,5-8,10-13,20,26-27H2,(H3-,58,59,60,61,62,63,67,68)/p+1/t35-,50?,66?/m1/s1. The number of nitrogens with zero attached hydrogens (tertiary/aromatic N) is 6. The summed E-state index contributed by atoms with van der Waals surface area (Å²) in [7, 11) is 0. The maximum atomic E-state index is 13.9. The Morgan fingerprint density at radius 1 is 0.783 bits per heavy atom. The number of piperidine rings is 3. The van der Waals surface area contributed by atoms with Crippen LogP contribution in [0.4, 0.5) is 28.9 Å². The van der Waals surface area contributed by atoms with Gasteiger partial charge in [-0.2, -0.15) is 5.10 Å². The van der Waals surface area contributed by atoms with Crippen molar-refractivity contribution in [3.63, 3.8) is 0 Å². The van der Waals surface area contributed by atoms with Gasteiger partial charge in [0.2, 0.25) is 6.73 Å². The van der Waals surface area contributed by atoms with Crippen molar-refractivity contribution in [3.05, 3.63) is 163 Å². The lowest BCUT2D eigenvalue weighted by Crippen LogP contribution is -2.67. The third-order valence-electron chi connectivity index (χ3n) is 13.7. The zero-order valence-corrected chi connectivity index (χ0v) is 37.8. The van der Waals surface area contributed by atoms with Crippen LogP contribution in [0.2, 0.25) is 5.02 Å². The lowest BCUT2D eigenvalue weighted by atomic mass is 9.78. The van der Waals surface area contributed by atoms with Gasteiger partial charge in [0, 0.05) is 68.4 Å². The Kier molecular flexibility index (Phi) is 11.4. The molecule has 4 aliphatic heterocycles. The summed E-state index contributed by atoms with van der Waals surface area (Å²) in [5, 5.41) is 16.4. The van der Waals surface area contributed by atoms with Crippen LogP contribution in [0, 0.1) is 23.3 Å². The second-order valence-corrected chi connectivity index (χ2v) is 18.9. The molecule has 5 N–H and O–H groups in total. The van der Waals surface area contributed by atoms with Gasteiger partial charge >= 0.3 is 0 Å². The van der Waals surface area contributed by atoms with Crippen molar-refractivity contribution >= 4 is 44.8 Å². The largest absolute Gasteiger partial charge is 0.443 e. The van der Waals surface area contributed by atoms with Crippen LogP contribution in [0.15, 0.2) is 101 Å². The lowest BCUT2D eigenvalue weighted by Gasteiger charge is -2.54. The third kappa shape index (κ3) is 9.26. The molecule has 4 aromatic carbocycles. The molecule has 4 aliphatic rings. The van der Waals surface area contributed by atoms with Crippen molar-refractivity contribution < 1.29 is 26.8 Å². The number of ether oxygens (including phenoxy) is 1. The Labute approximate surface area is 396 Å². The monoisotopic (exact) mass is 958 g/mol. The fourth-order valence-electron chi connectivity index (χ4n) is 9.89. The fraction of sp³-hybridized carbons (Fsp3) is 0.280. The van der Waals surface area contributed by atoms with E-state index >= 15 is 0 Å². The number of aromatic nitrogens is 7. The summed E-state index contributed by atoms with van der Waals surface area (Å²) in [4.78, 5) is 46.7. The summed E-state index contributed by atoms with van der Waals surface area (Å²) in [6, 6.07) is 18.9. The van der Waals surface area contributed by atoms with Crippen molar-refractivity contribution in [1.82, 2.24) is 40.0 Å². The predicted molar refractivity (Wildman–Crippen MR) is 254 cm³/mol. The van der Waals surface area contributed by atoms with Crippen molar-refractivity contribution in [3.8, 4) is 22.7 Å². The van der Waals surface area contributed by atoms with E-state index < -0.39 is 23.3 Å². The number of hydrogen-bond donors (Lipinski definition) is 5. The molecular weight excluding hydrogens is 914 g/mol. The van der Waals surface area contributed by atoms with Crippen LogP contribution in [0.25, 0.3) is 38.8 Å². The highest BCUT2D eigenvalue weighted by Crippen LogP contribution is 2.42. The lowest BCUT2D eigenvalue weighted by molar-refractivity contribution is -0.955. The van der Waals surface area contributed by atoms with Gasteiger partial charge in [0.05, 0.1) is 86.9 Å². The average molecular weight is 959 g/mol. The number of fused-ring (bicyclic) bond motifs is 5. The van der Waals surface area contributed by atoms with E-state index in [2.05, 4.69) is 36.0 Å². The van der Waals surface area contributed by atoms with Crippen LogP contribution in [-0.2, 0) is 12.8 Å². The van der Waals surface area contributed by atoms with Crippen LogP contribution in [0.5, 0.6) is 5.75 Å². The first kappa shape index (κ1) is 44.4. The van der Waals surface area contributed by atoms with E-state index in [-0.39, 0.29) is 41.2 Å². The molecule has 0 aliphatic carbocycles. The topological polar surface area (TPSA) is 168 Å². The van der Waals surface area contributed by atoms with Crippen molar-refractivity contribution in [2.24, 2.45) is 0 Å². The number of halogens is 5. The highest BCUT2D eigenvalue weighted by Gasteiger charge is 2.49. The quantitative estimate of drug-likeness (QED) is 0.0569. The summed E-state index contributed by atoms with van der Waals surface area (Å²) in [6.07, 6.45) is 7.13. The number of quaternary nitrogens is 1. The highest BCUT2D eigenvalue weighted by atomic mass is 35.5. The molecule has 14 nitrogen and oxygen atoms in total. The maximum Gasteiger partial charge on any atom is 0.258 e. The first-order chi connectivity index (χ1) is 33.3. The molecule has 0 unspecified atom stereocenters. The van der Waals surface area contributed by atoms with E-state index in [1.54, 1.807) is 42.7 Å². The van der Waals surface area contributed by atoms with Gasteiger partial charge in [0.1, 0.15) is 40.7 Å². The molecule has 4 saturated heterocycles. The minimum atomic E-state index is -0.711. The number of anilines is 2. The van der Waals surface area contributed by atoms with Gasteiger partial charge in [-0.05, 0) is 79.2 Å². The molecule has 2 bridgehead atoms. The van der Waals surface area contributed by atoms with Gasteiger partial charge in [-0.25, -0.2) is 32.2 Å². The Bertz CT molecular complexity index is 3350. The third-order valence-corrected chi connectivity index (χ3v) is 14.0. The Morgan fingerprint density at radius 2 is 1.43 bits per heavy atom. The number of aromatic amines is 2. The normalized spacial score (nSPS) is 19.9. The van der Waals surface area contributed by atoms with Crippen molar-refractivity contribution in [1.29, 1.82) is 0 Å². The molecule has 69 heavy (non-hydrogen) atoms. The fourth-order valence-corrected chi connectivity index (χ4v) is 10.1. The molecule has 0 saturated carbocycles. The summed E-state index contributed by atoms with van der Waals surface area (Å²) in [5.41, 5.74) is 3.84. The first-order valence-electron chi connectivity index (χ1n) is 22.8. The maximum absolute atomic E-state index is 13.9. The molecule has 8 heterocycles. The number of pyridine rings is 1. The number of hydrogen-bond acceptors (Lipinski definition) is 10. The molecule has 352 valence electrons. The molecular formula is C50H45ClF4N11O3+. The van der Waals surface area contributed by atoms with Crippen LogP contribution < -0.4 is 31.8 Å². The van der Waals surface area contributed by atoms with Gasteiger partial charge in [-0.1, -0.05) is 17.7 Å². The van der Waals surface area contributed by atoms with Gasteiger partial charge in [0.25, 0.3) is 11.1 Å². The molecule has 1 atom stereocenters. The van der Waals surface area contributed by atoms with E-state index in [1.807, 2.05) is 12.1 Å². The zero-order chi connectivity index (χ0) is 47.4. The van der Waals surface area contributed by atoms with Crippen LogP contribution in [-0.4, -0.2) is 90.2 Å². The van der Waals surface area contributed by atoms with Gasteiger partial charge in [-0.15, -0.1) is 0 Å². The van der Waals surface area contributed by atoms with Crippen LogP contribution >= 0.6 is 11.6 Å². The van der Waals surface area contributed by atoms with Crippen molar-refractivity contribution in [2.45, 2.75) is 50.1 Å². The van der Waals surface area contributed by atoms with E-state index in [1.165, 1.54) is 28.9 Å². The van der Waals surface area contributed by atoms with Crippen molar-refractivity contribution in [2.75, 3.05) is 50.1 Å². The molecule has 0 radical (unpaired) electrons. The van der Waals surface area contributed by atoms with Gasteiger partial charge in [-0.3, -0.25) is 19.1 Å². The number of benzene rings is 4. The molecule has 19 heteroatoms. The Balaban J connectivity index is 0.774. The SMILES string of the molecule is O=c1[nH]c(Cc2ccc(-c3cc(F)cc(F)c3)nc2)nc2cc(NC34CC[N+](COc5cc6c(=O)[nH]c(Cc7ccn(-c8cc(F)cc(F)c8)n7)nc6cc5N[C@@H]5CCNC5)(CC3)CC4)c(Cl)cc12. The summed E-state index contributed by atoms with van der Waals surface area (Å²) >= 11 is 6.84. The van der Waals surface area contributed by atoms with E-state index in [0.29, 0.717) is 73.6 Å². The Hall–Kier alpha value is -7.15. The summed E-state index contributed by atoms with van der Waals surface area (Å²) in [6.45, 7) is 4.62. The van der Waals surface area contributed by atoms with E-state index in [4.69, 9.17) is 26.3 Å². The smallest absolute Gasteiger partial charge is 0.258 e. The van der Waals surface area contributed by atoms with E-state index in [9.17, 15) is 27.2 Å². The minimum absolute atomic E-state index is 0.159. The van der Waals surface area contributed by atoms with E-state index in [0.717, 1.165) is 86.3 Å². The van der Waals surface area contributed by atoms with Gasteiger partial charge < -0.3 is 30.7 Å². The van der Waals surface area contributed by atoms with Gasteiger partial charge in [0.15, 0.2) is 0 Å². The second kappa shape index (κ2) is 17.7. The second-order valence-electron chi connectivity index (χ2n) is 18.5. The molecule has 0 amide bonds. The predicted octanol–water partition coefficient (Wildman–Crippen LogP) is 7.77. The Morgan fingerprint density at radius 3 is 2.09 bits per heavy atom. The van der Waals surface area contributed by atoms with Crippen LogP contribution in [0.1, 0.15) is 48.6 Å². The number of rotatable bonds is 13. The number of nitrogens with one attached hydrogen (secondary N) is 5. The molecule has 4 fully saturated rings. The number of H-pyrrole nitrogens is 2. The molecule has 8 aromatic rings. The minimum Gasteiger partial charge on any atom is -0.443 e. The highest BCUT2D eigenvalue weighted by molar-refractivity contribution is 6.34. The molecule has 0 spiro atoms. The molecule has 4 aromatic heterocycles.